The number of hydrogen-bond donors (Lipinski definition) is 1. The number of carbonyl (C=O) groups excluding carboxylic acids is 1. The molecule has 0 spiro atoms. The van der Waals surface area contributed by atoms with Crippen molar-refractivity contribution >= 4 is 5.97 Å². The zero-order chi connectivity index (χ0) is 14.4. The summed E-state index contributed by atoms with van der Waals surface area (Å²) in [7, 11) is 1.38. The third-order valence-corrected chi connectivity index (χ3v) is 2.63. The lowest BCUT2D eigenvalue weighted by molar-refractivity contribution is -0.144. The van der Waals surface area contributed by atoms with Crippen LogP contribution in [0.4, 0.5) is 0 Å². The number of hydrogen-bond acceptors (Lipinski definition) is 4. The standard InChI is InChI=1S/C15H23NO3/c1-10(2)16-14(15(17)18-5)9-19-13-7-11(3)6-12(4)8-13/h6-8,10,14,16H,9H2,1-5H3. The molecule has 0 radical (unpaired) electrons. The number of aryl methyl sites for hydroxylation is 2. The molecule has 0 heterocycles. The van der Waals surface area contributed by atoms with E-state index in [0.717, 1.165) is 16.9 Å². The fourth-order valence-corrected chi connectivity index (χ4v) is 1.92. The van der Waals surface area contributed by atoms with Gasteiger partial charge in [0.05, 0.1) is 7.11 Å². The van der Waals surface area contributed by atoms with Crippen molar-refractivity contribution in [2.75, 3.05) is 13.7 Å². The summed E-state index contributed by atoms with van der Waals surface area (Å²) in [4.78, 5) is 11.6. The molecule has 0 fully saturated rings. The molecule has 1 rings (SSSR count). The van der Waals surface area contributed by atoms with Gasteiger partial charge >= 0.3 is 5.97 Å². The van der Waals surface area contributed by atoms with Gasteiger partial charge in [0, 0.05) is 6.04 Å². The fourth-order valence-electron chi connectivity index (χ4n) is 1.92. The Labute approximate surface area is 115 Å². The predicted octanol–water partition coefficient (Wildman–Crippen LogP) is 2.22. The van der Waals surface area contributed by atoms with Crippen LogP contribution in [0.1, 0.15) is 25.0 Å². The number of ether oxygens (including phenoxy) is 2. The summed E-state index contributed by atoms with van der Waals surface area (Å²) in [6, 6.07) is 5.72. The molecule has 1 atom stereocenters. The zero-order valence-corrected chi connectivity index (χ0v) is 12.3. The van der Waals surface area contributed by atoms with Crippen LogP contribution in [0.25, 0.3) is 0 Å². The Balaban J connectivity index is 2.67. The largest absolute Gasteiger partial charge is 0.491 e. The first kappa shape index (κ1) is 15.5. The summed E-state index contributed by atoms with van der Waals surface area (Å²) in [6.07, 6.45) is 0. The SMILES string of the molecule is COC(=O)C(COc1cc(C)cc(C)c1)NC(C)C. The second-order valence-electron chi connectivity index (χ2n) is 5.03. The summed E-state index contributed by atoms with van der Waals surface area (Å²) >= 11 is 0. The van der Waals surface area contributed by atoms with Crippen LogP contribution in [-0.2, 0) is 9.53 Å². The molecule has 106 valence electrons. The van der Waals surface area contributed by atoms with E-state index in [1.165, 1.54) is 7.11 Å². The molecular weight excluding hydrogens is 242 g/mol. The Bertz CT molecular complexity index is 409. The Morgan fingerprint density at radius 1 is 1.21 bits per heavy atom. The van der Waals surface area contributed by atoms with Gasteiger partial charge in [0.1, 0.15) is 18.4 Å². The number of esters is 1. The van der Waals surface area contributed by atoms with Gasteiger partial charge in [-0.2, -0.15) is 0 Å². The van der Waals surface area contributed by atoms with Crippen molar-refractivity contribution in [2.45, 2.75) is 39.8 Å². The van der Waals surface area contributed by atoms with Crippen LogP contribution < -0.4 is 10.1 Å². The average molecular weight is 265 g/mol. The third kappa shape index (κ3) is 5.30. The van der Waals surface area contributed by atoms with E-state index in [4.69, 9.17) is 9.47 Å². The van der Waals surface area contributed by atoms with Crippen LogP contribution in [0, 0.1) is 13.8 Å². The lowest BCUT2D eigenvalue weighted by Gasteiger charge is -2.19. The summed E-state index contributed by atoms with van der Waals surface area (Å²) in [5.41, 5.74) is 2.28. The van der Waals surface area contributed by atoms with Gasteiger partial charge in [-0.15, -0.1) is 0 Å². The van der Waals surface area contributed by atoms with E-state index in [-0.39, 0.29) is 18.6 Å². The van der Waals surface area contributed by atoms with Crippen LogP contribution in [0.15, 0.2) is 18.2 Å². The molecule has 1 N–H and O–H groups in total. The molecular formula is C15H23NO3. The van der Waals surface area contributed by atoms with Crippen LogP contribution >= 0.6 is 0 Å². The maximum atomic E-state index is 11.6. The molecule has 0 bridgehead atoms. The Morgan fingerprint density at radius 3 is 2.26 bits per heavy atom. The van der Waals surface area contributed by atoms with E-state index >= 15 is 0 Å². The van der Waals surface area contributed by atoms with E-state index in [1.807, 2.05) is 39.8 Å². The summed E-state index contributed by atoms with van der Waals surface area (Å²) in [5.74, 6) is 0.468. The Morgan fingerprint density at radius 2 is 1.79 bits per heavy atom. The van der Waals surface area contributed by atoms with Gasteiger partial charge in [-0.05, 0) is 37.1 Å². The number of methoxy groups -OCH3 is 1. The highest BCUT2D eigenvalue weighted by molar-refractivity contribution is 5.75. The predicted molar refractivity (Wildman–Crippen MR) is 75.5 cm³/mol. The second kappa shape index (κ2) is 7.14. The number of benzene rings is 1. The highest BCUT2D eigenvalue weighted by atomic mass is 16.5. The van der Waals surface area contributed by atoms with Crippen molar-refractivity contribution in [1.82, 2.24) is 5.32 Å². The molecule has 0 aromatic heterocycles. The summed E-state index contributed by atoms with van der Waals surface area (Å²) in [5, 5.41) is 3.13. The molecule has 0 saturated carbocycles. The molecule has 0 aliphatic rings. The van der Waals surface area contributed by atoms with E-state index in [2.05, 4.69) is 11.4 Å². The maximum Gasteiger partial charge on any atom is 0.326 e. The van der Waals surface area contributed by atoms with Crippen molar-refractivity contribution < 1.29 is 14.3 Å². The molecule has 4 nitrogen and oxygen atoms in total. The number of carbonyl (C=O) groups is 1. The lowest BCUT2D eigenvalue weighted by Crippen LogP contribution is -2.45. The van der Waals surface area contributed by atoms with Crippen molar-refractivity contribution in [3.05, 3.63) is 29.3 Å². The molecule has 1 aromatic rings. The minimum Gasteiger partial charge on any atom is -0.491 e. The first-order valence-electron chi connectivity index (χ1n) is 6.47. The number of rotatable bonds is 6. The monoisotopic (exact) mass is 265 g/mol. The van der Waals surface area contributed by atoms with E-state index in [0.29, 0.717) is 0 Å². The molecule has 0 aliphatic heterocycles. The van der Waals surface area contributed by atoms with Gasteiger partial charge in [0.15, 0.2) is 0 Å². The van der Waals surface area contributed by atoms with Crippen LogP contribution in [0.5, 0.6) is 5.75 Å². The Hall–Kier alpha value is -1.55. The van der Waals surface area contributed by atoms with Crippen LogP contribution in [-0.4, -0.2) is 31.8 Å². The summed E-state index contributed by atoms with van der Waals surface area (Å²) in [6.45, 7) is 8.25. The lowest BCUT2D eigenvalue weighted by atomic mass is 10.1. The summed E-state index contributed by atoms with van der Waals surface area (Å²) < 4.78 is 10.5. The van der Waals surface area contributed by atoms with Crippen LogP contribution in [0.3, 0.4) is 0 Å². The average Bonchev–Trinajstić information content (AvgIpc) is 2.31. The molecule has 4 heteroatoms. The fraction of sp³-hybridized carbons (Fsp3) is 0.533. The number of nitrogens with one attached hydrogen (secondary N) is 1. The highest BCUT2D eigenvalue weighted by Crippen LogP contribution is 2.16. The van der Waals surface area contributed by atoms with E-state index in [9.17, 15) is 4.79 Å². The normalized spacial score (nSPS) is 12.3. The second-order valence-corrected chi connectivity index (χ2v) is 5.03. The highest BCUT2D eigenvalue weighted by Gasteiger charge is 2.20. The van der Waals surface area contributed by atoms with Gasteiger partial charge in [-0.3, -0.25) is 10.1 Å². The van der Waals surface area contributed by atoms with Gasteiger partial charge in [-0.25, -0.2) is 0 Å². The quantitative estimate of drug-likeness (QED) is 0.801. The first-order chi connectivity index (χ1) is 8.92. The Kier molecular flexibility index (Phi) is 5.83. The topological polar surface area (TPSA) is 47.6 Å². The minimum absolute atomic E-state index is 0.187. The zero-order valence-electron chi connectivity index (χ0n) is 12.3. The minimum atomic E-state index is -0.453. The molecule has 0 saturated heterocycles. The smallest absolute Gasteiger partial charge is 0.326 e. The van der Waals surface area contributed by atoms with E-state index < -0.39 is 6.04 Å². The van der Waals surface area contributed by atoms with Gasteiger partial charge < -0.3 is 9.47 Å². The van der Waals surface area contributed by atoms with Crippen molar-refractivity contribution in [1.29, 1.82) is 0 Å². The van der Waals surface area contributed by atoms with Crippen molar-refractivity contribution in [3.8, 4) is 5.75 Å². The van der Waals surface area contributed by atoms with Gasteiger partial charge in [0.2, 0.25) is 0 Å². The molecule has 1 unspecified atom stereocenters. The first-order valence-corrected chi connectivity index (χ1v) is 6.47. The van der Waals surface area contributed by atoms with Crippen molar-refractivity contribution in [2.24, 2.45) is 0 Å². The maximum absolute atomic E-state index is 11.6. The van der Waals surface area contributed by atoms with Crippen molar-refractivity contribution in [3.63, 3.8) is 0 Å². The molecule has 1 aromatic carbocycles. The third-order valence-electron chi connectivity index (χ3n) is 2.63. The molecule has 0 amide bonds. The molecule has 0 aliphatic carbocycles. The van der Waals surface area contributed by atoms with Gasteiger partial charge in [-0.1, -0.05) is 19.9 Å². The van der Waals surface area contributed by atoms with Crippen LogP contribution in [0.2, 0.25) is 0 Å². The van der Waals surface area contributed by atoms with E-state index in [1.54, 1.807) is 0 Å². The van der Waals surface area contributed by atoms with Gasteiger partial charge in [0.25, 0.3) is 0 Å². The molecule has 19 heavy (non-hydrogen) atoms.